The molecule has 0 fully saturated rings. The Bertz CT molecular complexity index is 638. The van der Waals surface area contributed by atoms with Gasteiger partial charge in [-0.05, 0) is 24.4 Å². The summed E-state index contributed by atoms with van der Waals surface area (Å²) in [5.74, 6) is -0.505. The minimum atomic E-state index is -0.756. The first kappa shape index (κ1) is 12.9. The van der Waals surface area contributed by atoms with Gasteiger partial charge in [-0.1, -0.05) is 24.3 Å². The lowest BCUT2D eigenvalue weighted by Crippen LogP contribution is -2.31. The lowest BCUT2D eigenvalue weighted by Gasteiger charge is -2.08. The normalized spacial score (nSPS) is 10.2. The van der Waals surface area contributed by atoms with Gasteiger partial charge in [0.05, 0.1) is 6.61 Å². The summed E-state index contributed by atoms with van der Waals surface area (Å²) in [4.78, 5) is 23.3. The van der Waals surface area contributed by atoms with Crippen LogP contribution in [-0.2, 0) is 4.74 Å². The molecule has 0 saturated carbocycles. The SMILES string of the molecule is CCOC(=O)NC(=O)c1ccc(N)c2ccccc12. The highest BCUT2D eigenvalue weighted by Crippen LogP contribution is 2.24. The maximum Gasteiger partial charge on any atom is 0.414 e. The summed E-state index contributed by atoms with van der Waals surface area (Å²) in [5, 5.41) is 3.64. The number of nitrogen functional groups attached to an aromatic ring is 1. The molecular weight excluding hydrogens is 244 g/mol. The van der Waals surface area contributed by atoms with Gasteiger partial charge >= 0.3 is 6.09 Å². The van der Waals surface area contributed by atoms with Gasteiger partial charge in [0.15, 0.2) is 0 Å². The lowest BCUT2D eigenvalue weighted by atomic mass is 10.0. The number of amides is 2. The Balaban J connectivity index is 2.38. The maximum absolute atomic E-state index is 12.0. The van der Waals surface area contributed by atoms with Gasteiger partial charge < -0.3 is 10.5 Å². The Morgan fingerprint density at radius 3 is 2.53 bits per heavy atom. The zero-order valence-electron chi connectivity index (χ0n) is 10.5. The molecule has 0 heterocycles. The Morgan fingerprint density at radius 1 is 1.16 bits per heavy atom. The number of ether oxygens (including phenoxy) is 1. The van der Waals surface area contributed by atoms with Gasteiger partial charge in [0.1, 0.15) is 0 Å². The molecule has 5 nitrogen and oxygen atoms in total. The second kappa shape index (κ2) is 5.39. The number of imide groups is 1. The van der Waals surface area contributed by atoms with Crippen LogP contribution >= 0.6 is 0 Å². The van der Waals surface area contributed by atoms with E-state index in [1.165, 1.54) is 0 Å². The van der Waals surface area contributed by atoms with Crippen molar-refractivity contribution in [1.82, 2.24) is 5.32 Å². The molecule has 0 unspecified atom stereocenters. The summed E-state index contributed by atoms with van der Waals surface area (Å²) >= 11 is 0. The molecule has 0 spiro atoms. The van der Waals surface area contributed by atoms with E-state index in [-0.39, 0.29) is 6.61 Å². The van der Waals surface area contributed by atoms with Crippen molar-refractivity contribution in [2.45, 2.75) is 6.92 Å². The van der Waals surface area contributed by atoms with Crippen molar-refractivity contribution in [3.05, 3.63) is 42.0 Å². The smallest absolute Gasteiger partial charge is 0.414 e. The summed E-state index contributed by atoms with van der Waals surface area (Å²) in [6.45, 7) is 1.88. The molecule has 0 radical (unpaired) electrons. The molecule has 0 aliphatic heterocycles. The Kier molecular flexibility index (Phi) is 3.66. The van der Waals surface area contributed by atoms with Crippen molar-refractivity contribution >= 4 is 28.5 Å². The van der Waals surface area contributed by atoms with Crippen LogP contribution in [0.15, 0.2) is 36.4 Å². The van der Waals surface area contributed by atoms with Gasteiger partial charge in [0, 0.05) is 16.6 Å². The van der Waals surface area contributed by atoms with Crippen LogP contribution in [0.1, 0.15) is 17.3 Å². The molecule has 0 aliphatic rings. The van der Waals surface area contributed by atoms with E-state index in [4.69, 9.17) is 5.73 Å². The fraction of sp³-hybridized carbons (Fsp3) is 0.143. The molecule has 0 aromatic heterocycles. The van der Waals surface area contributed by atoms with Crippen LogP contribution in [0.2, 0.25) is 0 Å². The fourth-order valence-corrected chi connectivity index (χ4v) is 1.85. The van der Waals surface area contributed by atoms with Gasteiger partial charge in [-0.2, -0.15) is 0 Å². The number of carbonyl (C=O) groups excluding carboxylic acids is 2. The highest BCUT2D eigenvalue weighted by Gasteiger charge is 2.14. The Hall–Kier alpha value is -2.56. The molecule has 2 aromatic carbocycles. The Morgan fingerprint density at radius 2 is 1.84 bits per heavy atom. The van der Waals surface area contributed by atoms with Crippen molar-refractivity contribution in [1.29, 1.82) is 0 Å². The average Bonchev–Trinajstić information content (AvgIpc) is 2.39. The van der Waals surface area contributed by atoms with Gasteiger partial charge in [-0.3, -0.25) is 10.1 Å². The van der Waals surface area contributed by atoms with E-state index < -0.39 is 12.0 Å². The molecular formula is C14H14N2O3. The van der Waals surface area contributed by atoms with E-state index in [1.54, 1.807) is 25.1 Å². The van der Waals surface area contributed by atoms with E-state index in [0.29, 0.717) is 16.6 Å². The first-order chi connectivity index (χ1) is 9.13. The molecule has 19 heavy (non-hydrogen) atoms. The van der Waals surface area contributed by atoms with Crippen LogP contribution < -0.4 is 11.1 Å². The topological polar surface area (TPSA) is 81.4 Å². The summed E-state index contributed by atoms with van der Waals surface area (Å²) in [5.41, 5.74) is 6.82. The third-order valence-corrected chi connectivity index (χ3v) is 2.69. The van der Waals surface area contributed by atoms with E-state index in [9.17, 15) is 9.59 Å². The van der Waals surface area contributed by atoms with Gasteiger partial charge in [-0.25, -0.2) is 4.79 Å². The maximum atomic E-state index is 12.0. The summed E-state index contributed by atoms with van der Waals surface area (Å²) in [6, 6.07) is 10.5. The number of nitrogens with two attached hydrogens (primary N) is 1. The minimum absolute atomic E-state index is 0.210. The predicted molar refractivity (Wildman–Crippen MR) is 72.8 cm³/mol. The number of hydrogen-bond donors (Lipinski definition) is 2. The first-order valence-corrected chi connectivity index (χ1v) is 5.88. The van der Waals surface area contributed by atoms with Crippen molar-refractivity contribution in [2.75, 3.05) is 12.3 Å². The number of alkyl carbamates (subject to hydrolysis) is 1. The van der Waals surface area contributed by atoms with Crippen LogP contribution in [0.5, 0.6) is 0 Å². The summed E-state index contributed by atoms with van der Waals surface area (Å²) in [6.07, 6.45) is -0.756. The fourth-order valence-electron chi connectivity index (χ4n) is 1.85. The van der Waals surface area contributed by atoms with Gasteiger partial charge in [-0.15, -0.1) is 0 Å². The molecule has 0 bridgehead atoms. The second-order valence-electron chi connectivity index (χ2n) is 3.92. The third kappa shape index (κ3) is 2.65. The molecule has 0 saturated heterocycles. The van der Waals surface area contributed by atoms with Gasteiger partial charge in [0.2, 0.25) is 0 Å². The molecule has 2 amide bonds. The van der Waals surface area contributed by atoms with Crippen molar-refractivity contribution < 1.29 is 14.3 Å². The van der Waals surface area contributed by atoms with Crippen LogP contribution in [-0.4, -0.2) is 18.6 Å². The Labute approximate surface area is 110 Å². The number of carbonyl (C=O) groups is 2. The van der Waals surface area contributed by atoms with E-state index in [0.717, 1.165) is 5.39 Å². The minimum Gasteiger partial charge on any atom is -0.450 e. The summed E-state index contributed by atoms with van der Waals surface area (Å²) in [7, 11) is 0. The highest BCUT2D eigenvalue weighted by atomic mass is 16.5. The lowest BCUT2D eigenvalue weighted by molar-refractivity contribution is 0.0926. The number of nitrogens with one attached hydrogen (secondary N) is 1. The average molecular weight is 258 g/mol. The molecule has 98 valence electrons. The third-order valence-electron chi connectivity index (χ3n) is 2.69. The molecule has 2 aromatic rings. The van der Waals surface area contributed by atoms with Gasteiger partial charge in [0.25, 0.3) is 5.91 Å². The summed E-state index contributed by atoms with van der Waals surface area (Å²) < 4.78 is 4.67. The number of benzene rings is 2. The zero-order valence-corrected chi connectivity index (χ0v) is 10.5. The van der Waals surface area contributed by atoms with Crippen LogP contribution in [0.4, 0.5) is 10.5 Å². The van der Waals surface area contributed by atoms with Crippen molar-refractivity contribution in [3.8, 4) is 0 Å². The first-order valence-electron chi connectivity index (χ1n) is 5.88. The number of fused-ring (bicyclic) bond motifs is 1. The molecule has 0 aliphatic carbocycles. The molecule has 2 rings (SSSR count). The predicted octanol–water partition coefficient (Wildman–Crippen LogP) is 2.31. The van der Waals surface area contributed by atoms with E-state index in [1.807, 2.05) is 18.2 Å². The highest BCUT2D eigenvalue weighted by molar-refractivity contribution is 6.13. The zero-order chi connectivity index (χ0) is 13.8. The second-order valence-corrected chi connectivity index (χ2v) is 3.92. The standard InChI is InChI=1S/C14H14N2O3/c1-2-19-14(18)16-13(17)11-7-8-12(15)10-6-4-3-5-9(10)11/h3-8H,2,15H2,1H3,(H,16,17,18). The number of hydrogen-bond acceptors (Lipinski definition) is 4. The largest absolute Gasteiger partial charge is 0.450 e. The van der Waals surface area contributed by atoms with E-state index >= 15 is 0 Å². The van der Waals surface area contributed by atoms with Crippen LogP contribution in [0.3, 0.4) is 0 Å². The van der Waals surface area contributed by atoms with Crippen LogP contribution in [0, 0.1) is 0 Å². The molecule has 3 N–H and O–H groups in total. The van der Waals surface area contributed by atoms with Crippen molar-refractivity contribution in [2.24, 2.45) is 0 Å². The van der Waals surface area contributed by atoms with Crippen LogP contribution in [0.25, 0.3) is 10.8 Å². The van der Waals surface area contributed by atoms with Crippen molar-refractivity contribution in [3.63, 3.8) is 0 Å². The number of anilines is 1. The number of rotatable bonds is 2. The van der Waals surface area contributed by atoms with E-state index in [2.05, 4.69) is 10.1 Å². The molecule has 5 heteroatoms. The quantitative estimate of drug-likeness (QED) is 0.810. The monoisotopic (exact) mass is 258 g/mol. The molecule has 0 atom stereocenters.